The molecule has 0 atom stereocenters. The first-order valence-corrected chi connectivity index (χ1v) is 10.3. The first kappa shape index (κ1) is 19.6. The Bertz CT molecular complexity index is 1030. The zero-order chi connectivity index (χ0) is 20.1. The molecule has 0 spiro atoms. The van der Waals surface area contributed by atoms with Crippen LogP contribution >= 0.6 is 0 Å². The SMILES string of the molecule is CS(=O)(=O)N(Cc1ccc(F)cc1)c1ccc(C(=O)NCc2ccco2)cc1. The van der Waals surface area contributed by atoms with Crippen LogP contribution in [0.15, 0.2) is 71.3 Å². The Labute approximate surface area is 162 Å². The van der Waals surface area contributed by atoms with Crippen molar-refractivity contribution in [3.8, 4) is 0 Å². The molecule has 3 aromatic rings. The fourth-order valence-electron chi connectivity index (χ4n) is 2.62. The predicted molar refractivity (Wildman–Crippen MR) is 104 cm³/mol. The van der Waals surface area contributed by atoms with Crippen LogP contribution in [0.5, 0.6) is 0 Å². The molecule has 1 amide bonds. The maximum atomic E-state index is 13.1. The number of rotatable bonds is 7. The number of benzene rings is 2. The quantitative estimate of drug-likeness (QED) is 0.658. The van der Waals surface area contributed by atoms with E-state index in [1.807, 2.05) is 0 Å². The molecule has 1 N–H and O–H groups in total. The highest BCUT2D eigenvalue weighted by atomic mass is 32.2. The van der Waals surface area contributed by atoms with Gasteiger partial charge in [0.1, 0.15) is 11.6 Å². The number of amides is 1. The molecule has 1 aromatic heterocycles. The number of nitrogens with one attached hydrogen (secondary N) is 1. The smallest absolute Gasteiger partial charge is 0.251 e. The van der Waals surface area contributed by atoms with Gasteiger partial charge >= 0.3 is 0 Å². The molecule has 2 aromatic carbocycles. The van der Waals surface area contributed by atoms with Crippen LogP contribution in [0.4, 0.5) is 10.1 Å². The topological polar surface area (TPSA) is 79.6 Å². The first-order chi connectivity index (χ1) is 13.3. The molecule has 0 radical (unpaired) electrons. The summed E-state index contributed by atoms with van der Waals surface area (Å²) in [5.74, 6) is -0.0560. The normalized spacial score (nSPS) is 11.2. The zero-order valence-electron chi connectivity index (χ0n) is 15.1. The van der Waals surface area contributed by atoms with Gasteiger partial charge in [0.2, 0.25) is 10.0 Å². The van der Waals surface area contributed by atoms with Crippen molar-refractivity contribution in [3.63, 3.8) is 0 Å². The highest BCUT2D eigenvalue weighted by molar-refractivity contribution is 7.92. The highest BCUT2D eigenvalue weighted by Crippen LogP contribution is 2.21. The molecular weight excluding hydrogens is 383 g/mol. The van der Waals surface area contributed by atoms with Crippen LogP contribution in [0.3, 0.4) is 0 Å². The van der Waals surface area contributed by atoms with Crippen molar-refractivity contribution >= 4 is 21.6 Å². The number of carbonyl (C=O) groups is 1. The van der Waals surface area contributed by atoms with E-state index in [1.165, 1.54) is 34.8 Å². The van der Waals surface area contributed by atoms with Gasteiger partial charge < -0.3 is 9.73 Å². The van der Waals surface area contributed by atoms with Gasteiger partial charge in [-0.15, -0.1) is 0 Å². The number of anilines is 1. The molecule has 146 valence electrons. The van der Waals surface area contributed by atoms with Crippen molar-refractivity contribution in [1.82, 2.24) is 5.32 Å². The molecule has 0 aliphatic heterocycles. The average molecular weight is 402 g/mol. The molecule has 3 rings (SSSR count). The second kappa shape index (κ2) is 8.26. The third kappa shape index (κ3) is 4.98. The highest BCUT2D eigenvalue weighted by Gasteiger charge is 2.18. The van der Waals surface area contributed by atoms with E-state index in [1.54, 1.807) is 36.4 Å². The molecule has 0 saturated carbocycles. The van der Waals surface area contributed by atoms with Crippen molar-refractivity contribution in [3.05, 3.63) is 89.6 Å². The predicted octanol–water partition coefficient (Wildman–Crippen LogP) is 3.31. The summed E-state index contributed by atoms with van der Waals surface area (Å²) in [6.45, 7) is 0.316. The van der Waals surface area contributed by atoms with Crippen LogP contribution in [-0.2, 0) is 23.1 Å². The van der Waals surface area contributed by atoms with Gasteiger partial charge in [0.15, 0.2) is 0 Å². The molecule has 1 heterocycles. The number of carbonyl (C=O) groups excluding carboxylic acids is 1. The molecule has 0 aliphatic rings. The summed E-state index contributed by atoms with van der Waals surface area (Å²) in [6.07, 6.45) is 2.62. The largest absolute Gasteiger partial charge is 0.467 e. The van der Waals surface area contributed by atoms with E-state index >= 15 is 0 Å². The van der Waals surface area contributed by atoms with E-state index in [4.69, 9.17) is 4.42 Å². The summed E-state index contributed by atoms with van der Waals surface area (Å²) in [4.78, 5) is 12.2. The van der Waals surface area contributed by atoms with Crippen molar-refractivity contribution in [2.45, 2.75) is 13.1 Å². The second-order valence-electron chi connectivity index (χ2n) is 6.21. The Morgan fingerprint density at radius 1 is 1.07 bits per heavy atom. The number of hydrogen-bond acceptors (Lipinski definition) is 4. The number of nitrogens with zero attached hydrogens (tertiary/aromatic N) is 1. The summed E-state index contributed by atoms with van der Waals surface area (Å²) in [5, 5.41) is 2.73. The Balaban J connectivity index is 1.74. The molecule has 0 bridgehead atoms. The van der Waals surface area contributed by atoms with Crippen molar-refractivity contribution < 1.29 is 22.0 Å². The molecule has 28 heavy (non-hydrogen) atoms. The molecule has 0 unspecified atom stereocenters. The van der Waals surface area contributed by atoms with E-state index in [-0.39, 0.29) is 24.8 Å². The maximum Gasteiger partial charge on any atom is 0.251 e. The summed E-state index contributed by atoms with van der Waals surface area (Å²) >= 11 is 0. The third-order valence-corrected chi connectivity index (χ3v) is 5.20. The van der Waals surface area contributed by atoms with Gasteiger partial charge in [-0.3, -0.25) is 9.10 Å². The van der Waals surface area contributed by atoms with E-state index in [2.05, 4.69) is 5.32 Å². The van der Waals surface area contributed by atoms with Gasteiger partial charge in [-0.1, -0.05) is 12.1 Å². The monoisotopic (exact) mass is 402 g/mol. The lowest BCUT2D eigenvalue weighted by Gasteiger charge is -2.22. The minimum atomic E-state index is -3.57. The van der Waals surface area contributed by atoms with Crippen molar-refractivity contribution in [2.24, 2.45) is 0 Å². The minimum Gasteiger partial charge on any atom is -0.467 e. The Morgan fingerprint density at radius 2 is 1.75 bits per heavy atom. The fourth-order valence-corrected chi connectivity index (χ4v) is 3.51. The molecule has 0 saturated heterocycles. The minimum absolute atomic E-state index is 0.0587. The Morgan fingerprint density at radius 3 is 2.32 bits per heavy atom. The van der Waals surface area contributed by atoms with Gasteiger partial charge in [0.25, 0.3) is 5.91 Å². The lowest BCUT2D eigenvalue weighted by Crippen LogP contribution is -2.29. The van der Waals surface area contributed by atoms with E-state index in [0.717, 1.165) is 6.26 Å². The average Bonchev–Trinajstić information content (AvgIpc) is 3.18. The van der Waals surface area contributed by atoms with Crippen LogP contribution in [0, 0.1) is 5.82 Å². The lowest BCUT2D eigenvalue weighted by atomic mass is 10.1. The van der Waals surface area contributed by atoms with Gasteiger partial charge in [-0.25, -0.2) is 12.8 Å². The summed E-state index contributed by atoms with van der Waals surface area (Å²) in [6, 6.07) is 15.3. The van der Waals surface area contributed by atoms with E-state index < -0.39 is 10.0 Å². The summed E-state index contributed by atoms with van der Waals surface area (Å²) in [7, 11) is -3.57. The van der Waals surface area contributed by atoms with Crippen LogP contribution in [0.25, 0.3) is 0 Å². The zero-order valence-corrected chi connectivity index (χ0v) is 15.9. The third-order valence-electron chi connectivity index (χ3n) is 4.06. The van der Waals surface area contributed by atoms with Crippen LogP contribution in [0.1, 0.15) is 21.7 Å². The van der Waals surface area contributed by atoms with Gasteiger partial charge in [-0.2, -0.15) is 0 Å². The fraction of sp³-hybridized carbons (Fsp3) is 0.150. The number of hydrogen-bond donors (Lipinski definition) is 1. The first-order valence-electron chi connectivity index (χ1n) is 8.46. The lowest BCUT2D eigenvalue weighted by molar-refractivity contribution is 0.0948. The molecule has 8 heteroatoms. The van der Waals surface area contributed by atoms with Crippen LogP contribution in [-0.4, -0.2) is 20.6 Å². The summed E-state index contributed by atoms with van der Waals surface area (Å²) in [5.41, 5.74) is 1.45. The molecule has 0 aliphatic carbocycles. The van der Waals surface area contributed by atoms with E-state index in [0.29, 0.717) is 22.6 Å². The summed E-state index contributed by atoms with van der Waals surface area (Å²) < 4.78 is 43.9. The molecular formula is C20H19FN2O4S. The van der Waals surface area contributed by atoms with Crippen molar-refractivity contribution in [2.75, 3.05) is 10.6 Å². The number of furan rings is 1. The van der Waals surface area contributed by atoms with E-state index in [9.17, 15) is 17.6 Å². The van der Waals surface area contributed by atoms with Gasteiger partial charge in [0.05, 0.1) is 31.3 Å². The number of sulfonamides is 1. The Hall–Kier alpha value is -3.13. The van der Waals surface area contributed by atoms with Crippen LogP contribution in [0.2, 0.25) is 0 Å². The van der Waals surface area contributed by atoms with Crippen molar-refractivity contribution in [1.29, 1.82) is 0 Å². The van der Waals surface area contributed by atoms with Gasteiger partial charge in [0, 0.05) is 5.56 Å². The second-order valence-corrected chi connectivity index (χ2v) is 8.11. The molecule has 0 fully saturated rings. The standard InChI is InChI=1S/C20H19FN2O4S/c1-28(25,26)23(14-15-4-8-17(21)9-5-15)18-10-6-16(7-11-18)20(24)22-13-19-3-2-12-27-19/h2-12H,13-14H2,1H3,(H,22,24). The Kier molecular flexibility index (Phi) is 5.79. The maximum absolute atomic E-state index is 13.1. The number of halogens is 1. The molecule has 6 nitrogen and oxygen atoms in total. The van der Waals surface area contributed by atoms with Gasteiger partial charge in [-0.05, 0) is 54.1 Å². The van der Waals surface area contributed by atoms with Crippen LogP contribution < -0.4 is 9.62 Å².